The van der Waals surface area contributed by atoms with Gasteiger partial charge in [-0.05, 0) is 6.92 Å². The molecule has 0 radical (unpaired) electrons. The van der Waals surface area contributed by atoms with Crippen molar-refractivity contribution >= 4 is 12.1 Å². The molecule has 0 aromatic carbocycles. The summed E-state index contributed by atoms with van der Waals surface area (Å²) in [6.45, 7) is 1.66. The molecule has 0 aromatic rings. The quantitative estimate of drug-likeness (QED) is 0.517. The van der Waals surface area contributed by atoms with Gasteiger partial charge in [-0.1, -0.05) is 0 Å². The molecule has 0 fully saturated rings. The maximum atomic E-state index is 10.7. The van der Waals surface area contributed by atoms with E-state index in [9.17, 15) is 9.59 Å². The van der Waals surface area contributed by atoms with E-state index in [0.29, 0.717) is 0 Å². The first-order valence-corrected chi connectivity index (χ1v) is 3.48. The summed E-state index contributed by atoms with van der Waals surface area (Å²) >= 11 is 0. The van der Waals surface area contributed by atoms with Crippen molar-refractivity contribution in [3.63, 3.8) is 0 Å². The lowest BCUT2D eigenvalue weighted by Crippen LogP contribution is -2.45. The highest BCUT2D eigenvalue weighted by molar-refractivity contribution is 5.80. The molecule has 6 nitrogen and oxygen atoms in total. The largest absolute Gasteiger partial charge is 0.480 e. The lowest BCUT2D eigenvalue weighted by molar-refractivity contribution is -0.139. The molecular weight excluding hydrogens is 164 g/mol. The monoisotopic (exact) mass is 176 g/mol. The van der Waals surface area contributed by atoms with Crippen LogP contribution in [0.1, 0.15) is 6.92 Å². The summed E-state index contributed by atoms with van der Waals surface area (Å²) in [7, 11) is 0. The average Bonchev–Trinajstić information content (AvgIpc) is 2.00. The van der Waals surface area contributed by atoms with E-state index in [1.807, 2.05) is 0 Å². The minimum absolute atomic E-state index is 0.159. The van der Waals surface area contributed by atoms with E-state index in [1.54, 1.807) is 6.92 Å². The van der Waals surface area contributed by atoms with Gasteiger partial charge >= 0.3 is 12.1 Å². The Kier molecular flexibility index (Phi) is 4.78. The van der Waals surface area contributed by atoms with Crippen LogP contribution in [0.4, 0.5) is 4.79 Å². The normalized spacial score (nSPS) is 11.8. The predicted octanol–water partition coefficient (Wildman–Crippen LogP) is -0.856. The molecule has 70 valence electrons. The van der Waals surface area contributed by atoms with Crippen LogP contribution in [0.2, 0.25) is 0 Å². The van der Waals surface area contributed by atoms with Gasteiger partial charge in [-0.25, -0.2) is 9.59 Å². The van der Waals surface area contributed by atoms with Gasteiger partial charge in [0.15, 0.2) is 0 Å². The van der Waals surface area contributed by atoms with E-state index in [0.717, 1.165) is 0 Å². The van der Waals surface area contributed by atoms with E-state index in [1.165, 1.54) is 0 Å². The topological polar surface area (TPSA) is 102 Å². The molecule has 4 N–H and O–H groups in total. The van der Waals surface area contributed by atoms with Crippen LogP contribution in [0.3, 0.4) is 0 Å². The van der Waals surface area contributed by atoms with Crippen LogP contribution in [-0.4, -0.2) is 36.4 Å². The number of rotatable bonds is 4. The highest BCUT2D eigenvalue weighted by Crippen LogP contribution is 1.83. The maximum absolute atomic E-state index is 10.7. The van der Waals surface area contributed by atoms with Crippen molar-refractivity contribution in [2.24, 2.45) is 5.73 Å². The SMILES string of the molecule is CCOC(=O)N[C@@H](CN)C(=O)O. The Morgan fingerprint density at radius 3 is 2.58 bits per heavy atom. The van der Waals surface area contributed by atoms with Crippen LogP contribution in [0.5, 0.6) is 0 Å². The molecule has 0 unspecified atom stereocenters. The number of carbonyl (C=O) groups is 2. The van der Waals surface area contributed by atoms with Crippen molar-refractivity contribution in [1.82, 2.24) is 5.32 Å². The molecule has 12 heavy (non-hydrogen) atoms. The van der Waals surface area contributed by atoms with Gasteiger partial charge in [0.25, 0.3) is 0 Å². The Balaban J connectivity index is 3.85. The second-order valence-electron chi connectivity index (χ2n) is 1.99. The minimum atomic E-state index is -1.18. The van der Waals surface area contributed by atoms with Gasteiger partial charge in [-0.15, -0.1) is 0 Å². The molecule has 0 heterocycles. The maximum Gasteiger partial charge on any atom is 0.407 e. The number of ether oxygens (including phenoxy) is 1. The molecule has 1 atom stereocenters. The van der Waals surface area contributed by atoms with Gasteiger partial charge in [0.2, 0.25) is 0 Å². The first-order chi connectivity index (χ1) is 5.61. The smallest absolute Gasteiger partial charge is 0.407 e. The van der Waals surface area contributed by atoms with Crippen molar-refractivity contribution in [2.75, 3.05) is 13.2 Å². The third kappa shape index (κ3) is 3.77. The van der Waals surface area contributed by atoms with Crippen LogP contribution in [0.25, 0.3) is 0 Å². The highest BCUT2D eigenvalue weighted by Gasteiger charge is 2.17. The first kappa shape index (κ1) is 10.7. The van der Waals surface area contributed by atoms with Gasteiger partial charge in [0, 0.05) is 6.54 Å². The van der Waals surface area contributed by atoms with Crippen LogP contribution in [-0.2, 0) is 9.53 Å². The summed E-state index contributed by atoms with van der Waals surface area (Å²) in [5.41, 5.74) is 5.07. The molecule has 0 saturated heterocycles. The molecule has 0 aliphatic carbocycles. The number of alkyl carbamates (subject to hydrolysis) is 1. The molecule has 0 bridgehead atoms. The second-order valence-corrected chi connectivity index (χ2v) is 1.99. The fourth-order valence-electron chi connectivity index (χ4n) is 0.537. The third-order valence-corrected chi connectivity index (χ3v) is 1.10. The Morgan fingerprint density at radius 2 is 2.25 bits per heavy atom. The number of nitrogens with one attached hydrogen (secondary N) is 1. The van der Waals surface area contributed by atoms with Gasteiger partial charge in [0.1, 0.15) is 6.04 Å². The summed E-state index contributed by atoms with van der Waals surface area (Å²) in [5.74, 6) is -1.18. The zero-order valence-electron chi connectivity index (χ0n) is 6.74. The van der Waals surface area contributed by atoms with E-state index >= 15 is 0 Å². The van der Waals surface area contributed by atoms with Gasteiger partial charge < -0.3 is 20.9 Å². The summed E-state index contributed by atoms with van der Waals surface area (Å²) in [5, 5.41) is 10.5. The molecule has 0 aromatic heterocycles. The van der Waals surface area contributed by atoms with Crippen LogP contribution >= 0.6 is 0 Å². The number of hydrogen-bond donors (Lipinski definition) is 3. The molecule has 0 aliphatic heterocycles. The molecule has 0 saturated carbocycles. The summed E-state index contributed by atoms with van der Waals surface area (Å²) in [4.78, 5) is 21.0. The van der Waals surface area contributed by atoms with Gasteiger partial charge in [-0.2, -0.15) is 0 Å². The fraction of sp³-hybridized carbons (Fsp3) is 0.667. The van der Waals surface area contributed by atoms with Crippen molar-refractivity contribution in [2.45, 2.75) is 13.0 Å². The van der Waals surface area contributed by atoms with Crippen LogP contribution < -0.4 is 11.1 Å². The Labute approximate surface area is 69.7 Å². The number of carboxylic acid groups (broad SMARTS) is 1. The highest BCUT2D eigenvalue weighted by atomic mass is 16.5. The number of hydrogen-bond acceptors (Lipinski definition) is 4. The van der Waals surface area contributed by atoms with Crippen molar-refractivity contribution < 1.29 is 19.4 Å². The number of carboxylic acids is 1. The lowest BCUT2D eigenvalue weighted by atomic mass is 10.3. The number of aliphatic carboxylic acids is 1. The van der Waals surface area contributed by atoms with Crippen molar-refractivity contribution in [3.05, 3.63) is 0 Å². The number of carbonyl (C=O) groups excluding carboxylic acids is 1. The number of nitrogens with two attached hydrogens (primary N) is 1. The van der Waals surface area contributed by atoms with E-state index < -0.39 is 18.1 Å². The van der Waals surface area contributed by atoms with E-state index in [2.05, 4.69) is 10.1 Å². The van der Waals surface area contributed by atoms with Gasteiger partial charge in [0.05, 0.1) is 6.61 Å². The van der Waals surface area contributed by atoms with Crippen molar-refractivity contribution in [3.8, 4) is 0 Å². The average molecular weight is 176 g/mol. The van der Waals surface area contributed by atoms with Crippen molar-refractivity contribution in [1.29, 1.82) is 0 Å². The first-order valence-electron chi connectivity index (χ1n) is 3.48. The fourth-order valence-corrected chi connectivity index (χ4v) is 0.537. The molecule has 0 spiro atoms. The van der Waals surface area contributed by atoms with E-state index in [4.69, 9.17) is 10.8 Å². The van der Waals surface area contributed by atoms with Crippen LogP contribution in [0.15, 0.2) is 0 Å². The van der Waals surface area contributed by atoms with Crippen LogP contribution in [0, 0.1) is 0 Å². The zero-order chi connectivity index (χ0) is 9.56. The summed E-state index contributed by atoms with van der Waals surface area (Å²) < 4.78 is 4.46. The van der Waals surface area contributed by atoms with Gasteiger partial charge in [-0.3, -0.25) is 0 Å². The standard InChI is InChI=1S/C6H12N2O4/c1-2-12-6(11)8-4(3-7)5(9)10/h4H,2-3,7H2,1H3,(H,8,11)(H,9,10)/t4-/m0/s1. The molecule has 0 rings (SSSR count). The Morgan fingerprint density at radius 1 is 1.67 bits per heavy atom. The Hall–Kier alpha value is -1.30. The lowest BCUT2D eigenvalue weighted by Gasteiger charge is -2.10. The molecule has 1 amide bonds. The minimum Gasteiger partial charge on any atom is -0.480 e. The summed E-state index contributed by atoms with van der Waals surface area (Å²) in [6, 6.07) is -1.08. The zero-order valence-corrected chi connectivity index (χ0v) is 6.74. The number of amides is 1. The molecule has 6 heteroatoms. The molecular formula is C6H12N2O4. The Bertz CT molecular complexity index is 171. The third-order valence-electron chi connectivity index (χ3n) is 1.10. The van der Waals surface area contributed by atoms with E-state index in [-0.39, 0.29) is 13.2 Å². The predicted molar refractivity (Wildman–Crippen MR) is 40.6 cm³/mol. The summed E-state index contributed by atoms with van der Waals surface area (Å²) in [6.07, 6.45) is -0.768. The molecule has 0 aliphatic rings. The second kappa shape index (κ2) is 5.36.